The molecule has 0 bridgehead atoms. The Hall–Kier alpha value is -2.03. The molecule has 8 heteroatoms. The van der Waals surface area contributed by atoms with Gasteiger partial charge in [0.2, 0.25) is 4.96 Å². The van der Waals surface area contributed by atoms with Crippen LogP contribution < -0.4 is 4.74 Å². The zero-order chi connectivity index (χ0) is 17.2. The van der Waals surface area contributed by atoms with Gasteiger partial charge in [-0.1, -0.05) is 17.4 Å². The van der Waals surface area contributed by atoms with E-state index in [0.29, 0.717) is 6.61 Å². The highest BCUT2D eigenvalue weighted by Crippen LogP contribution is 2.20. The topological polar surface area (TPSA) is 64.8 Å². The summed E-state index contributed by atoms with van der Waals surface area (Å²) in [7, 11) is 0. The highest BCUT2D eigenvalue weighted by atomic mass is 32.1. The van der Waals surface area contributed by atoms with Gasteiger partial charge in [-0.2, -0.15) is 9.61 Å². The molecular weight excluding hydrogens is 338 g/mol. The maximum atomic E-state index is 5.88. The molecule has 4 rings (SSSR count). The lowest BCUT2D eigenvalue weighted by molar-refractivity contribution is 0.0328. The van der Waals surface area contributed by atoms with Gasteiger partial charge in [0, 0.05) is 13.1 Å². The molecule has 0 radical (unpaired) electrons. The van der Waals surface area contributed by atoms with E-state index >= 15 is 0 Å². The Labute approximate surface area is 150 Å². The molecule has 0 N–H and O–H groups in total. The number of hydrogen-bond donors (Lipinski definition) is 0. The Bertz CT molecular complexity index is 869. The maximum absolute atomic E-state index is 5.88. The van der Waals surface area contributed by atoms with Gasteiger partial charge in [-0.25, -0.2) is 0 Å². The van der Waals surface area contributed by atoms with E-state index in [1.807, 2.05) is 10.6 Å². The summed E-state index contributed by atoms with van der Waals surface area (Å²) in [4.78, 5) is 3.12. The first-order valence-corrected chi connectivity index (χ1v) is 9.21. The van der Waals surface area contributed by atoms with Crippen molar-refractivity contribution in [2.45, 2.75) is 27.0 Å². The van der Waals surface area contributed by atoms with Gasteiger partial charge in [-0.05, 0) is 37.1 Å². The summed E-state index contributed by atoms with van der Waals surface area (Å²) in [5.41, 5.74) is 2.49. The van der Waals surface area contributed by atoms with Crippen molar-refractivity contribution >= 4 is 16.3 Å². The molecule has 132 valence electrons. The quantitative estimate of drug-likeness (QED) is 0.696. The van der Waals surface area contributed by atoms with E-state index in [2.05, 4.69) is 46.2 Å². The third-order valence-electron chi connectivity index (χ3n) is 4.41. The SMILES string of the molecule is Cc1ccc(OCc2nn3c(CN4CCOCC4)nnc3s2)cc1C. The molecule has 25 heavy (non-hydrogen) atoms. The molecule has 3 heterocycles. The van der Waals surface area contributed by atoms with Crippen LogP contribution in [0.15, 0.2) is 18.2 Å². The molecule has 0 saturated carbocycles. The molecule has 0 unspecified atom stereocenters. The Morgan fingerprint density at radius 1 is 1.16 bits per heavy atom. The molecule has 0 aliphatic carbocycles. The second kappa shape index (κ2) is 7.07. The molecule has 0 spiro atoms. The second-order valence-corrected chi connectivity index (χ2v) is 7.27. The zero-order valence-electron chi connectivity index (χ0n) is 14.4. The van der Waals surface area contributed by atoms with Crippen molar-refractivity contribution in [2.75, 3.05) is 26.3 Å². The van der Waals surface area contributed by atoms with Crippen molar-refractivity contribution in [1.82, 2.24) is 24.7 Å². The summed E-state index contributed by atoms with van der Waals surface area (Å²) in [6.45, 7) is 8.74. The van der Waals surface area contributed by atoms with Crippen LogP contribution >= 0.6 is 11.3 Å². The van der Waals surface area contributed by atoms with E-state index in [0.717, 1.165) is 54.4 Å². The molecule has 1 aliphatic rings. The molecule has 1 fully saturated rings. The summed E-state index contributed by atoms with van der Waals surface area (Å²) < 4.78 is 13.1. The van der Waals surface area contributed by atoms with Gasteiger partial charge in [-0.3, -0.25) is 4.90 Å². The van der Waals surface area contributed by atoms with Gasteiger partial charge in [0.05, 0.1) is 19.8 Å². The largest absolute Gasteiger partial charge is 0.486 e. The summed E-state index contributed by atoms with van der Waals surface area (Å²) >= 11 is 1.52. The van der Waals surface area contributed by atoms with Gasteiger partial charge >= 0.3 is 0 Å². The standard InChI is InChI=1S/C17H21N5O2S/c1-12-3-4-14(9-13(12)2)24-11-16-20-22-15(18-19-17(22)25-16)10-21-5-7-23-8-6-21/h3-4,9H,5-8,10-11H2,1-2H3. The minimum absolute atomic E-state index is 0.438. The van der Waals surface area contributed by atoms with Crippen molar-refractivity contribution in [3.63, 3.8) is 0 Å². The summed E-state index contributed by atoms with van der Waals surface area (Å²) in [6, 6.07) is 6.12. The number of morpholine rings is 1. The molecule has 1 aliphatic heterocycles. The van der Waals surface area contributed by atoms with Crippen molar-refractivity contribution in [3.05, 3.63) is 40.2 Å². The third-order valence-corrected chi connectivity index (χ3v) is 5.28. The monoisotopic (exact) mass is 359 g/mol. The summed E-state index contributed by atoms with van der Waals surface area (Å²) in [5.74, 6) is 1.73. The van der Waals surface area contributed by atoms with Crippen LogP contribution in [0, 0.1) is 13.8 Å². The van der Waals surface area contributed by atoms with E-state index in [1.54, 1.807) is 0 Å². The van der Waals surface area contributed by atoms with Gasteiger partial charge in [0.1, 0.15) is 12.4 Å². The van der Waals surface area contributed by atoms with Crippen LogP contribution in [0.4, 0.5) is 0 Å². The number of aryl methyl sites for hydroxylation is 2. The predicted molar refractivity (Wildman–Crippen MR) is 95.0 cm³/mol. The van der Waals surface area contributed by atoms with Crippen LogP contribution in [-0.2, 0) is 17.9 Å². The molecule has 2 aromatic heterocycles. The Morgan fingerprint density at radius 3 is 2.80 bits per heavy atom. The first kappa shape index (κ1) is 16.4. The lowest BCUT2D eigenvalue weighted by Crippen LogP contribution is -2.36. The van der Waals surface area contributed by atoms with Crippen molar-refractivity contribution < 1.29 is 9.47 Å². The van der Waals surface area contributed by atoms with E-state index in [-0.39, 0.29) is 0 Å². The van der Waals surface area contributed by atoms with E-state index < -0.39 is 0 Å². The average molecular weight is 359 g/mol. The highest BCUT2D eigenvalue weighted by Gasteiger charge is 2.17. The summed E-state index contributed by atoms with van der Waals surface area (Å²) in [5, 5.41) is 14.0. The number of fused-ring (bicyclic) bond motifs is 1. The van der Waals surface area contributed by atoms with Crippen LogP contribution in [0.5, 0.6) is 5.75 Å². The number of aromatic nitrogens is 4. The molecule has 1 saturated heterocycles. The third kappa shape index (κ3) is 3.65. The number of rotatable bonds is 5. The molecular formula is C17H21N5O2S. The molecule has 3 aromatic rings. The van der Waals surface area contributed by atoms with E-state index in [4.69, 9.17) is 9.47 Å². The smallest absolute Gasteiger partial charge is 0.234 e. The summed E-state index contributed by atoms with van der Waals surface area (Å²) in [6.07, 6.45) is 0. The van der Waals surface area contributed by atoms with Crippen LogP contribution in [0.3, 0.4) is 0 Å². The van der Waals surface area contributed by atoms with E-state index in [9.17, 15) is 0 Å². The number of nitrogens with zero attached hydrogens (tertiary/aromatic N) is 5. The van der Waals surface area contributed by atoms with Crippen molar-refractivity contribution in [3.8, 4) is 5.75 Å². The average Bonchev–Trinajstić information content (AvgIpc) is 3.18. The van der Waals surface area contributed by atoms with Gasteiger partial charge < -0.3 is 9.47 Å². The predicted octanol–water partition coefficient (Wildman–Crippen LogP) is 2.21. The van der Waals surface area contributed by atoms with Crippen molar-refractivity contribution in [1.29, 1.82) is 0 Å². The van der Waals surface area contributed by atoms with E-state index in [1.165, 1.54) is 22.5 Å². The Balaban J connectivity index is 1.44. The lowest BCUT2D eigenvalue weighted by atomic mass is 10.1. The zero-order valence-corrected chi connectivity index (χ0v) is 15.3. The lowest BCUT2D eigenvalue weighted by Gasteiger charge is -2.25. The molecule has 7 nitrogen and oxygen atoms in total. The maximum Gasteiger partial charge on any atom is 0.234 e. The van der Waals surface area contributed by atoms with Gasteiger partial charge in [0.25, 0.3) is 0 Å². The van der Waals surface area contributed by atoms with Gasteiger partial charge in [-0.15, -0.1) is 10.2 Å². The van der Waals surface area contributed by atoms with Crippen LogP contribution in [0.1, 0.15) is 22.0 Å². The number of ether oxygens (including phenoxy) is 2. The number of hydrogen-bond acceptors (Lipinski definition) is 7. The van der Waals surface area contributed by atoms with Gasteiger partial charge in [0.15, 0.2) is 10.8 Å². The second-order valence-electron chi connectivity index (χ2n) is 6.23. The number of benzene rings is 1. The van der Waals surface area contributed by atoms with Crippen molar-refractivity contribution in [2.24, 2.45) is 0 Å². The minimum atomic E-state index is 0.438. The highest BCUT2D eigenvalue weighted by molar-refractivity contribution is 7.16. The fraction of sp³-hybridized carbons (Fsp3) is 0.471. The first-order chi connectivity index (χ1) is 12.2. The fourth-order valence-corrected chi connectivity index (χ4v) is 3.53. The van der Waals surface area contributed by atoms with Crippen LogP contribution in [0.25, 0.3) is 4.96 Å². The minimum Gasteiger partial charge on any atom is -0.486 e. The van der Waals surface area contributed by atoms with Crippen LogP contribution in [0.2, 0.25) is 0 Å². The molecule has 0 amide bonds. The molecule has 0 atom stereocenters. The Morgan fingerprint density at radius 2 is 2.00 bits per heavy atom. The fourth-order valence-electron chi connectivity index (χ4n) is 2.76. The van der Waals surface area contributed by atoms with Crippen LogP contribution in [-0.4, -0.2) is 51.0 Å². The normalized spacial score (nSPS) is 15.8. The molecule has 1 aromatic carbocycles. The Kier molecular flexibility index (Phi) is 4.65. The first-order valence-electron chi connectivity index (χ1n) is 8.39.